The highest BCUT2D eigenvalue weighted by Gasteiger charge is 2.21. The van der Waals surface area contributed by atoms with Crippen LogP contribution in [-0.4, -0.2) is 56.0 Å². The van der Waals surface area contributed by atoms with E-state index in [2.05, 4.69) is 34.7 Å². The highest BCUT2D eigenvalue weighted by molar-refractivity contribution is 5.82. The Morgan fingerprint density at radius 1 is 1.13 bits per heavy atom. The Morgan fingerprint density at radius 3 is 2.83 bits per heavy atom. The van der Waals surface area contributed by atoms with Gasteiger partial charge in [-0.05, 0) is 6.07 Å². The normalized spacial score (nSPS) is 16.1. The zero-order valence-corrected chi connectivity index (χ0v) is 12.5. The first-order valence-corrected chi connectivity index (χ1v) is 7.51. The molecule has 0 aromatic carbocycles. The van der Waals surface area contributed by atoms with E-state index in [1.54, 1.807) is 18.6 Å². The van der Waals surface area contributed by atoms with Crippen molar-refractivity contribution >= 4 is 17.0 Å². The summed E-state index contributed by atoms with van der Waals surface area (Å²) in [6.07, 6.45) is 6.06. The average Bonchev–Trinajstić information content (AvgIpc) is 3.06. The summed E-state index contributed by atoms with van der Waals surface area (Å²) in [7, 11) is 0. The van der Waals surface area contributed by atoms with Crippen molar-refractivity contribution in [1.82, 2.24) is 29.8 Å². The average molecular weight is 313 g/mol. The number of aromatic nitrogens is 5. The Morgan fingerprint density at radius 2 is 2.00 bits per heavy atom. The van der Waals surface area contributed by atoms with Crippen molar-refractivity contribution in [2.45, 2.75) is 6.54 Å². The van der Waals surface area contributed by atoms with E-state index in [9.17, 15) is 4.39 Å². The van der Waals surface area contributed by atoms with E-state index in [0.717, 1.165) is 37.5 Å². The van der Waals surface area contributed by atoms with Gasteiger partial charge in [-0.3, -0.25) is 9.88 Å². The highest BCUT2D eigenvalue weighted by Crippen LogP contribution is 2.21. The summed E-state index contributed by atoms with van der Waals surface area (Å²) in [4.78, 5) is 24.0. The van der Waals surface area contributed by atoms with Crippen LogP contribution in [0.2, 0.25) is 0 Å². The number of H-pyrrole nitrogens is 1. The van der Waals surface area contributed by atoms with Gasteiger partial charge >= 0.3 is 0 Å². The van der Waals surface area contributed by atoms with E-state index in [4.69, 9.17) is 0 Å². The van der Waals surface area contributed by atoms with Crippen LogP contribution in [0, 0.1) is 5.82 Å². The highest BCUT2D eigenvalue weighted by atomic mass is 19.1. The molecule has 8 heteroatoms. The second kappa shape index (κ2) is 5.88. The first-order valence-electron chi connectivity index (χ1n) is 7.51. The van der Waals surface area contributed by atoms with E-state index >= 15 is 0 Å². The summed E-state index contributed by atoms with van der Waals surface area (Å²) in [5, 5.41) is 0. The molecule has 0 saturated carbocycles. The first-order chi connectivity index (χ1) is 11.3. The van der Waals surface area contributed by atoms with Crippen molar-refractivity contribution in [2.24, 2.45) is 0 Å². The lowest BCUT2D eigenvalue weighted by molar-refractivity contribution is 0.246. The van der Waals surface area contributed by atoms with Crippen molar-refractivity contribution in [2.75, 3.05) is 31.1 Å². The van der Waals surface area contributed by atoms with Crippen molar-refractivity contribution in [3.8, 4) is 0 Å². The molecule has 0 aliphatic carbocycles. The maximum absolute atomic E-state index is 13.7. The molecular formula is C15H16FN7. The second-order valence-corrected chi connectivity index (χ2v) is 5.53. The minimum atomic E-state index is -0.245. The first kappa shape index (κ1) is 14.0. The zero-order chi connectivity index (χ0) is 15.6. The van der Waals surface area contributed by atoms with Crippen LogP contribution in [0.15, 0.2) is 31.1 Å². The third-order valence-electron chi connectivity index (χ3n) is 4.13. The largest absolute Gasteiger partial charge is 0.352 e. The summed E-state index contributed by atoms with van der Waals surface area (Å²) in [5.41, 5.74) is 2.23. The zero-order valence-electron chi connectivity index (χ0n) is 12.5. The molecule has 0 atom stereocenters. The topological polar surface area (TPSA) is 73.8 Å². The number of nitrogens with one attached hydrogen (secondary N) is 1. The summed E-state index contributed by atoms with van der Waals surface area (Å²) in [5.74, 6) is 0.632. The van der Waals surface area contributed by atoms with Crippen molar-refractivity contribution in [3.63, 3.8) is 0 Å². The van der Waals surface area contributed by atoms with Crippen LogP contribution < -0.4 is 4.90 Å². The second-order valence-electron chi connectivity index (χ2n) is 5.53. The van der Waals surface area contributed by atoms with E-state index in [0.29, 0.717) is 17.8 Å². The number of hydrogen-bond acceptors (Lipinski definition) is 6. The van der Waals surface area contributed by atoms with Crippen molar-refractivity contribution < 1.29 is 4.39 Å². The maximum Gasteiger partial charge on any atom is 0.182 e. The number of aromatic amines is 1. The molecule has 0 bridgehead atoms. The molecule has 1 N–H and O–H groups in total. The fourth-order valence-electron chi connectivity index (χ4n) is 2.88. The molecule has 118 valence electrons. The lowest BCUT2D eigenvalue weighted by atomic mass is 10.2. The molecule has 0 unspecified atom stereocenters. The quantitative estimate of drug-likeness (QED) is 0.783. The molecule has 4 heterocycles. The SMILES string of the molecule is Fc1cnccc1CN1CCN(c2ncnc3nc[nH]c23)CC1. The van der Waals surface area contributed by atoms with Crippen LogP contribution >= 0.6 is 0 Å². The molecule has 1 fully saturated rings. The van der Waals surface area contributed by atoms with Gasteiger partial charge in [0.05, 0.1) is 12.5 Å². The number of pyridine rings is 1. The van der Waals surface area contributed by atoms with Crippen molar-refractivity contribution in [1.29, 1.82) is 0 Å². The molecule has 23 heavy (non-hydrogen) atoms. The molecular weight excluding hydrogens is 297 g/mol. The van der Waals surface area contributed by atoms with Gasteiger partial charge < -0.3 is 9.88 Å². The molecule has 1 aliphatic heterocycles. The Labute approximate surface area is 132 Å². The van der Waals surface area contributed by atoms with Crippen LogP contribution in [0.25, 0.3) is 11.2 Å². The van der Waals surface area contributed by atoms with Crippen LogP contribution in [-0.2, 0) is 6.54 Å². The molecule has 0 amide bonds. The van der Waals surface area contributed by atoms with Crippen molar-refractivity contribution in [3.05, 3.63) is 42.5 Å². The molecule has 4 rings (SSSR count). The number of halogens is 1. The van der Waals surface area contributed by atoms with E-state index < -0.39 is 0 Å². The van der Waals surface area contributed by atoms with E-state index in [1.807, 2.05) is 0 Å². The van der Waals surface area contributed by atoms with Gasteiger partial charge in [0.25, 0.3) is 0 Å². The van der Waals surface area contributed by atoms with Gasteiger partial charge in [0.1, 0.15) is 17.7 Å². The minimum Gasteiger partial charge on any atom is -0.352 e. The smallest absolute Gasteiger partial charge is 0.182 e. The van der Waals surface area contributed by atoms with Gasteiger partial charge in [-0.25, -0.2) is 19.3 Å². The number of hydrogen-bond donors (Lipinski definition) is 1. The van der Waals surface area contributed by atoms with Gasteiger partial charge in [-0.15, -0.1) is 0 Å². The number of anilines is 1. The fourth-order valence-corrected chi connectivity index (χ4v) is 2.88. The Bertz CT molecular complexity index is 810. The van der Waals surface area contributed by atoms with Gasteiger partial charge in [-0.1, -0.05) is 0 Å². The third kappa shape index (κ3) is 2.72. The van der Waals surface area contributed by atoms with Crippen LogP contribution in [0.3, 0.4) is 0 Å². The van der Waals surface area contributed by atoms with E-state index in [-0.39, 0.29) is 5.82 Å². The number of fused-ring (bicyclic) bond motifs is 1. The van der Waals surface area contributed by atoms with Crippen LogP contribution in [0.5, 0.6) is 0 Å². The Hall–Kier alpha value is -2.61. The summed E-state index contributed by atoms with van der Waals surface area (Å²) in [6, 6.07) is 1.74. The van der Waals surface area contributed by atoms with Gasteiger partial charge in [0, 0.05) is 44.5 Å². The van der Waals surface area contributed by atoms with Gasteiger partial charge in [0.2, 0.25) is 0 Å². The summed E-state index contributed by atoms with van der Waals surface area (Å²) >= 11 is 0. The van der Waals surface area contributed by atoms with E-state index in [1.165, 1.54) is 12.5 Å². The number of piperazine rings is 1. The number of rotatable bonds is 3. The third-order valence-corrected chi connectivity index (χ3v) is 4.13. The van der Waals surface area contributed by atoms with Crippen LogP contribution in [0.4, 0.5) is 10.2 Å². The standard InChI is InChI=1S/C15H16FN7/c16-12-7-17-2-1-11(12)8-22-3-5-23(6-4-22)15-13-14(19-9-18-13)20-10-21-15/h1-2,7,9-10H,3-6,8H2,(H,18,19,20,21). The monoisotopic (exact) mass is 313 g/mol. The minimum absolute atomic E-state index is 0.245. The lowest BCUT2D eigenvalue weighted by Gasteiger charge is -2.35. The molecule has 3 aromatic heterocycles. The Kier molecular flexibility index (Phi) is 3.58. The number of imidazole rings is 1. The molecule has 0 spiro atoms. The van der Waals surface area contributed by atoms with Gasteiger partial charge in [-0.2, -0.15) is 0 Å². The summed E-state index contributed by atoms with van der Waals surface area (Å²) < 4.78 is 13.7. The fraction of sp³-hybridized carbons (Fsp3) is 0.333. The molecule has 3 aromatic rings. The molecule has 0 radical (unpaired) electrons. The predicted octanol–water partition coefficient (Wildman–Crippen LogP) is 1.21. The number of nitrogens with zero attached hydrogens (tertiary/aromatic N) is 6. The predicted molar refractivity (Wildman–Crippen MR) is 83.4 cm³/mol. The Balaban J connectivity index is 1.45. The van der Waals surface area contributed by atoms with Crippen LogP contribution in [0.1, 0.15) is 5.56 Å². The lowest BCUT2D eigenvalue weighted by Crippen LogP contribution is -2.46. The molecule has 7 nitrogen and oxygen atoms in total. The molecule has 1 saturated heterocycles. The molecule has 1 aliphatic rings. The maximum atomic E-state index is 13.7. The van der Waals surface area contributed by atoms with Gasteiger partial charge in [0.15, 0.2) is 11.5 Å². The summed E-state index contributed by atoms with van der Waals surface area (Å²) in [6.45, 7) is 3.96.